The van der Waals surface area contributed by atoms with E-state index in [-0.39, 0.29) is 15.8 Å². The zero-order valence-corrected chi connectivity index (χ0v) is 17.3. The Morgan fingerprint density at radius 2 is 1.57 bits per heavy atom. The van der Waals surface area contributed by atoms with Crippen LogP contribution in [-0.2, 0) is 13.2 Å². The van der Waals surface area contributed by atoms with E-state index in [4.69, 9.17) is 44.3 Å². The summed E-state index contributed by atoms with van der Waals surface area (Å²) in [5.74, 6) is 1.10. The van der Waals surface area contributed by atoms with Crippen LogP contribution < -0.4 is 14.8 Å². The van der Waals surface area contributed by atoms with Crippen LogP contribution in [0.2, 0.25) is 15.1 Å². The Kier molecular flexibility index (Phi) is 6.79. The zero-order chi connectivity index (χ0) is 20.1. The second-order valence-corrected chi connectivity index (χ2v) is 7.19. The van der Waals surface area contributed by atoms with Gasteiger partial charge in [0, 0.05) is 28.4 Å². The van der Waals surface area contributed by atoms with Gasteiger partial charge in [-0.3, -0.25) is 0 Å². The van der Waals surface area contributed by atoms with Crippen molar-refractivity contribution in [2.45, 2.75) is 13.2 Å². The summed E-state index contributed by atoms with van der Waals surface area (Å²) in [5.41, 5.74) is 2.44. The van der Waals surface area contributed by atoms with Gasteiger partial charge in [0.15, 0.2) is 17.2 Å². The number of ether oxygens (including phenoxy) is 2. The Morgan fingerprint density at radius 1 is 0.893 bits per heavy atom. The molecule has 0 aliphatic carbocycles. The lowest BCUT2D eigenvalue weighted by molar-refractivity contribution is 0.282. The van der Waals surface area contributed by atoms with Gasteiger partial charge in [-0.1, -0.05) is 65.1 Å². The smallest absolute Gasteiger partial charge is 0.166 e. The summed E-state index contributed by atoms with van der Waals surface area (Å²) in [6.45, 7) is 0.746. The Balaban J connectivity index is 1.80. The highest BCUT2D eigenvalue weighted by molar-refractivity contribution is 6.37. The van der Waals surface area contributed by atoms with Gasteiger partial charge in [-0.15, -0.1) is 0 Å². The molecular weight excluding hydrogens is 421 g/mol. The van der Waals surface area contributed by atoms with Gasteiger partial charge in [0.25, 0.3) is 0 Å². The van der Waals surface area contributed by atoms with Gasteiger partial charge in [0.05, 0.1) is 17.2 Å². The van der Waals surface area contributed by atoms with Crippen molar-refractivity contribution in [1.29, 1.82) is 0 Å². The van der Waals surface area contributed by atoms with Crippen molar-refractivity contribution in [3.8, 4) is 17.2 Å². The molecule has 3 aromatic carbocycles. The number of anilines is 1. The maximum Gasteiger partial charge on any atom is 0.166 e. The number of rotatable bonds is 7. The first-order valence-corrected chi connectivity index (χ1v) is 9.57. The third-order valence-corrected chi connectivity index (χ3v) is 5.06. The quantitative estimate of drug-likeness (QED) is 0.411. The van der Waals surface area contributed by atoms with Crippen LogP contribution in [0.1, 0.15) is 11.1 Å². The van der Waals surface area contributed by atoms with Crippen LogP contribution >= 0.6 is 34.8 Å². The first-order valence-electron chi connectivity index (χ1n) is 8.43. The number of hydrogen-bond donors (Lipinski definition) is 2. The average Bonchev–Trinajstić information content (AvgIpc) is 2.69. The first-order chi connectivity index (χ1) is 13.5. The van der Waals surface area contributed by atoms with E-state index >= 15 is 0 Å². The van der Waals surface area contributed by atoms with Gasteiger partial charge in [-0.25, -0.2) is 0 Å². The van der Waals surface area contributed by atoms with Crippen molar-refractivity contribution in [2.75, 3.05) is 12.4 Å². The monoisotopic (exact) mass is 437 g/mol. The molecule has 0 atom stereocenters. The van der Waals surface area contributed by atoms with Crippen molar-refractivity contribution >= 4 is 40.5 Å². The first kappa shape index (κ1) is 20.5. The Labute approximate surface area is 178 Å². The predicted octanol–water partition coefficient (Wildman–Crippen LogP) is 6.55. The van der Waals surface area contributed by atoms with Crippen LogP contribution in [-0.4, -0.2) is 12.2 Å². The van der Waals surface area contributed by atoms with E-state index in [0.717, 1.165) is 11.1 Å². The molecule has 0 bridgehead atoms. The number of aromatic hydroxyl groups is 1. The summed E-state index contributed by atoms with van der Waals surface area (Å²) in [7, 11) is 1.59. The second-order valence-electron chi connectivity index (χ2n) is 5.97. The number of para-hydroxylation sites is 1. The molecule has 0 aromatic heterocycles. The third kappa shape index (κ3) is 4.76. The highest BCUT2D eigenvalue weighted by Gasteiger charge is 2.13. The average molecular weight is 439 g/mol. The molecule has 3 rings (SSSR count). The molecular formula is C21H18Cl3NO3. The highest BCUT2D eigenvalue weighted by Crippen LogP contribution is 2.36. The molecule has 0 unspecified atom stereocenters. The van der Waals surface area contributed by atoms with E-state index in [9.17, 15) is 5.11 Å². The maximum absolute atomic E-state index is 9.69. The molecule has 0 aliphatic rings. The molecule has 0 aliphatic heterocycles. The van der Waals surface area contributed by atoms with E-state index in [1.807, 2.05) is 42.5 Å². The van der Waals surface area contributed by atoms with E-state index in [1.54, 1.807) is 19.2 Å². The fourth-order valence-electron chi connectivity index (χ4n) is 2.66. The molecule has 4 nitrogen and oxygen atoms in total. The highest BCUT2D eigenvalue weighted by atomic mass is 35.5. The summed E-state index contributed by atoms with van der Waals surface area (Å²) in [6, 6.07) is 16.4. The maximum atomic E-state index is 9.69. The van der Waals surface area contributed by atoms with Gasteiger partial charge in [-0.05, 0) is 24.3 Å². The third-order valence-electron chi connectivity index (χ3n) is 4.11. The normalized spacial score (nSPS) is 10.6. The van der Waals surface area contributed by atoms with Crippen LogP contribution in [0.5, 0.6) is 17.2 Å². The van der Waals surface area contributed by atoms with Gasteiger partial charge < -0.3 is 19.9 Å². The second kappa shape index (κ2) is 9.28. The van der Waals surface area contributed by atoms with Crippen molar-refractivity contribution in [3.63, 3.8) is 0 Å². The summed E-state index contributed by atoms with van der Waals surface area (Å²) in [6.07, 6.45) is 0. The Hall–Kier alpha value is -2.27. The molecule has 146 valence electrons. The van der Waals surface area contributed by atoms with Crippen molar-refractivity contribution < 1.29 is 14.6 Å². The summed E-state index contributed by atoms with van der Waals surface area (Å²) in [5, 5.41) is 13.9. The molecule has 0 saturated carbocycles. The van der Waals surface area contributed by atoms with Crippen molar-refractivity contribution in [2.24, 2.45) is 0 Å². The molecule has 0 spiro atoms. The van der Waals surface area contributed by atoms with Crippen molar-refractivity contribution in [3.05, 3.63) is 80.8 Å². The largest absolute Gasteiger partial charge is 0.505 e. The van der Waals surface area contributed by atoms with Gasteiger partial charge in [0.2, 0.25) is 0 Å². The van der Waals surface area contributed by atoms with E-state index in [0.29, 0.717) is 35.4 Å². The number of methoxy groups -OCH3 is 1. The van der Waals surface area contributed by atoms with E-state index < -0.39 is 0 Å². The Morgan fingerprint density at radius 3 is 2.25 bits per heavy atom. The summed E-state index contributed by atoms with van der Waals surface area (Å²) >= 11 is 18.2. The Bertz CT molecular complexity index is 956. The molecule has 7 heteroatoms. The minimum Gasteiger partial charge on any atom is -0.505 e. The molecule has 0 saturated heterocycles. The lowest BCUT2D eigenvalue weighted by Gasteiger charge is -2.17. The number of halogens is 3. The minimum absolute atomic E-state index is 0.140. The number of benzene rings is 3. The molecule has 3 aromatic rings. The van der Waals surface area contributed by atoms with Crippen LogP contribution in [0.25, 0.3) is 0 Å². The number of nitrogens with one attached hydrogen (secondary N) is 1. The lowest BCUT2D eigenvalue weighted by Crippen LogP contribution is -2.05. The summed E-state index contributed by atoms with van der Waals surface area (Å²) < 4.78 is 11.5. The van der Waals surface area contributed by atoms with Gasteiger partial charge in [0.1, 0.15) is 6.61 Å². The lowest BCUT2D eigenvalue weighted by atomic mass is 10.1. The molecule has 0 heterocycles. The van der Waals surface area contributed by atoms with Crippen LogP contribution in [0.15, 0.2) is 54.6 Å². The van der Waals surface area contributed by atoms with E-state index in [1.165, 1.54) is 0 Å². The summed E-state index contributed by atoms with van der Waals surface area (Å²) in [4.78, 5) is 0. The van der Waals surface area contributed by atoms with Gasteiger partial charge in [-0.2, -0.15) is 0 Å². The van der Waals surface area contributed by atoms with Crippen LogP contribution in [0.4, 0.5) is 5.69 Å². The zero-order valence-electron chi connectivity index (χ0n) is 15.0. The fourth-order valence-corrected chi connectivity index (χ4v) is 3.33. The predicted molar refractivity (Wildman–Crippen MR) is 114 cm³/mol. The topological polar surface area (TPSA) is 50.7 Å². The molecule has 2 N–H and O–H groups in total. The molecule has 0 radical (unpaired) electrons. The number of phenolic OH excluding ortho intramolecular Hbond substituents is 1. The number of phenols is 1. The number of hydrogen-bond acceptors (Lipinski definition) is 4. The molecule has 0 amide bonds. The standard InChI is InChI=1S/C21H18Cl3NO3/c1-27-19-8-4-6-13(11-25-15-9-17(23)20(26)18(24)10-15)21(19)28-12-14-5-2-3-7-16(14)22/h2-10,25-26H,11-12H2,1H3. The molecule has 28 heavy (non-hydrogen) atoms. The van der Waals surface area contributed by atoms with Crippen LogP contribution in [0.3, 0.4) is 0 Å². The fraction of sp³-hybridized carbons (Fsp3) is 0.143. The molecule has 0 fully saturated rings. The van der Waals surface area contributed by atoms with E-state index in [2.05, 4.69) is 5.32 Å². The minimum atomic E-state index is -0.140. The van der Waals surface area contributed by atoms with Gasteiger partial charge >= 0.3 is 0 Å². The van der Waals surface area contributed by atoms with Crippen molar-refractivity contribution in [1.82, 2.24) is 0 Å². The SMILES string of the molecule is COc1cccc(CNc2cc(Cl)c(O)c(Cl)c2)c1OCc1ccccc1Cl. The van der Waals surface area contributed by atoms with Crippen LogP contribution in [0, 0.1) is 0 Å².